The minimum Gasteiger partial charge on any atom is -0.462 e. The van der Waals surface area contributed by atoms with Crippen LogP contribution in [0.25, 0.3) is 0 Å². The Morgan fingerprint density at radius 2 is 0.577 bits per heavy atom. The zero-order valence-corrected chi connectivity index (χ0v) is 45.4. The van der Waals surface area contributed by atoms with Crippen LogP contribution in [-0.2, 0) is 28.6 Å². The fourth-order valence-corrected chi connectivity index (χ4v) is 7.18. The normalized spacial score (nSPS) is 13.2. The zero-order chi connectivity index (χ0) is 51.4. The molecule has 6 heteroatoms. The van der Waals surface area contributed by atoms with Gasteiger partial charge in [-0.1, -0.05) is 244 Å². The quantitative estimate of drug-likeness (QED) is 0.0262. The number of unbranched alkanes of at least 4 members (excludes halogenated alkanes) is 14. The van der Waals surface area contributed by atoms with Crippen molar-refractivity contribution in [1.29, 1.82) is 0 Å². The highest BCUT2D eigenvalue weighted by Crippen LogP contribution is 2.13. The fourth-order valence-electron chi connectivity index (χ4n) is 7.18. The van der Waals surface area contributed by atoms with Crippen molar-refractivity contribution >= 4 is 17.9 Å². The van der Waals surface area contributed by atoms with Crippen LogP contribution >= 0.6 is 0 Å². The molecule has 398 valence electrons. The van der Waals surface area contributed by atoms with Crippen LogP contribution in [0.5, 0.6) is 0 Å². The van der Waals surface area contributed by atoms with Gasteiger partial charge in [0.25, 0.3) is 0 Å². The summed E-state index contributed by atoms with van der Waals surface area (Å²) in [7, 11) is 0. The molecular weight excluding hydrogens is 877 g/mol. The van der Waals surface area contributed by atoms with Gasteiger partial charge in [-0.15, -0.1) is 0 Å². The Kier molecular flexibility index (Phi) is 54.0. The van der Waals surface area contributed by atoms with E-state index in [0.717, 1.165) is 128 Å². The van der Waals surface area contributed by atoms with E-state index in [9.17, 15) is 14.4 Å². The summed E-state index contributed by atoms with van der Waals surface area (Å²) in [6.45, 7) is 6.29. The summed E-state index contributed by atoms with van der Waals surface area (Å²) >= 11 is 0. The molecule has 6 nitrogen and oxygen atoms in total. The first-order valence-corrected chi connectivity index (χ1v) is 28.3. The van der Waals surface area contributed by atoms with Crippen molar-refractivity contribution in [3.8, 4) is 0 Å². The summed E-state index contributed by atoms with van der Waals surface area (Å²) < 4.78 is 16.7. The Bertz CT molecular complexity index is 1590. The highest BCUT2D eigenvalue weighted by atomic mass is 16.6. The van der Waals surface area contributed by atoms with Crippen molar-refractivity contribution in [2.24, 2.45) is 0 Å². The van der Waals surface area contributed by atoms with Crippen molar-refractivity contribution in [2.75, 3.05) is 13.2 Å². The smallest absolute Gasteiger partial charge is 0.306 e. The molecule has 0 aliphatic carbocycles. The van der Waals surface area contributed by atoms with Crippen molar-refractivity contribution < 1.29 is 28.6 Å². The van der Waals surface area contributed by atoms with Gasteiger partial charge in [0.2, 0.25) is 0 Å². The predicted molar refractivity (Wildman–Crippen MR) is 306 cm³/mol. The molecule has 0 amide bonds. The third kappa shape index (κ3) is 56.1. The molecule has 1 atom stereocenters. The van der Waals surface area contributed by atoms with E-state index in [1.54, 1.807) is 0 Å². The van der Waals surface area contributed by atoms with E-state index in [2.05, 4.69) is 154 Å². The van der Waals surface area contributed by atoms with E-state index in [0.29, 0.717) is 19.3 Å². The second-order valence-corrected chi connectivity index (χ2v) is 18.1. The van der Waals surface area contributed by atoms with Crippen LogP contribution in [0.3, 0.4) is 0 Å². The van der Waals surface area contributed by atoms with E-state index in [4.69, 9.17) is 14.2 Å². The van der Waals surface area contributed by atoms with Crippen molar-refractivity contribution in [3.63, 3.8) is 0 Å². The van der Waals surface area contributed by atoms with Crippen molar-refractivity contribution in [2.45, 2.75) is 232 Å². The third-order valence-corrected chi connectivity index (χ3v) is 11.4. The first-order valence-electron chi connectivity index (χ1n) is 28.3. The number of rotatable bonds is 49. The molecule has 0 radical (unpaired) electrons. The lowest BCUT2D eigenvalue weighted by Crippen LogP contribution is -2.30. The Hall–Kier alpha value is -4.71. The molecule has 0 N–H and O–H groups in total. The summed E-state index contributed by atoms with van der Waals surface area (Å²) in [4.78, 5) is 37.9. The number of carbonyl (C=O) groups is 3. The molecule has 0 aliphatic heterocycles. The second kappa shape index (κ2) is 57.9. The Morgan fingerprint density at radius 3 is 0.915 bits per heavy atom. The number of hydrogen-bond donors (Lipinski definition) is 0. The maximum atomic E-state index is 12.7. The number of allylic oxidation sites excluding steroid dienone is 24. The topological polar surface area (TPSA) is 78.9 Å². The van der Waals surface area contributed by atoms with Crippen LogP contribution in [0.2, 0.25) is 0 Å². The van der Waals surface area contributed by atoms with Gasteiger partial charge in [0.15, 0.2) is 6.10 Å². The minimum absolute atomic E-state index is 0.115. The van der Waals surface area contributed by atoms with Gasteiger partial charge < -0.3 is 14.2 Å². The van der Waals surface area contributed by atoms with Gasteiger partial charge in [0, 0.05) is 19.3 Å². The maximum absolute atomic E-state index is 12.7. The average molecular weight is 980 g/mol. The number of esters is 3. The third-order valence-electron chi connectivity index (χ3n) is 11.4. The number of hydrogen-bond acceptors (Lipinski definition) is 6. The number of ether oxygens (including phenoxy) is 3. The number of carbonyl (C=O) groups excluding carboxylic acids is 3. The molecule has 0 saturated heterocycles. The molecule has 0 aromatic heterocycles. The zero-order valence-electron chi connectivity index (χ0n) is 45.4. The van der Waals surface area contributed by atoms with Crippen LogP contribution in [0.4, 0.5) is 0 Å². The van der Waals surface area contributed by atoms with Gasteiger partial charge in [-0.05, 0) is 109 Å². The lowest BCUT2D eigenvalue weighted by atomic mass is 10.1. The largest absolute Gasteiger partial charge is 0.462 e. The highest BCUT2D eigenvalue weighted by molar-refractivity contribution is 5.71. The molecule has 0 fully saturated rings. The van der Waals surface area contributed by atoms with Crippen molar-refractivity contribution in [1.82, 2.24) is 0 Å². The SMILES string of the molecule is CC/C=C\C/C=C\C/C=C\C/C=C\C/C=C\C/C=C\C/C=C\C/C=C\CCCCCCCCC(=O)OCC(COC(=O)CCCCCCCCCCC)OC(=O)CC/C=C\C/C=C\C/C=C\C/C=C\CC. The summed E-state index contributed by atoms with van der Waals surface area (Å²) in [6, 6.07) is 0. The summed E-state index contributed by atoms with van der Waals surface area (Å²) in [5.74, 6) is -1.02. The predicted octanol–water partition coefficient (Wildman–Crippen LogP) is 19.2. The van der Waals surface area contributed by atoms with E-state index < -0.39 is 12.1 Å². The summed E-state index contributed by atoms with van der Waals surface area (Å²) in [6.07, 6.45) is 83.0. The molecule has 0 aromatic rings. The first kappa shape index (κ1) is 66.3. The van der Waals surface area contributed by atoms with E-state index >= 15 is 0 Å². The highest BCUT2D eigenvalue weighted by Gasteiger charge is 2.19. The minimum atomic E-state index is -0.825. The van der Waals surface area contributed by atoms with E-state index in [1.807, 2.05) is 12.2 Å². The van der Waals surface area contributed by atoms with Gasteiger partial charge in [0.1, 0.15) is 13.2 Å². The molecule has 0 heterocycles. The molecule has 0 saturated carbocycles. The molecule has 0 aliphatic rings. The first-order chi connectivity index (χ1) is 35.0. The maximum Gasteiger partial charge on any atom is 0.306 e. The van der Waals surface area contributed by atoms with Gasteiger partial charge >= 0.3 is 17.9 Å². The van der Waals surface area contributed by atoms with Gasteiger partial charge in [0.05, 0.1) is 0 Å². The Morgan fingerprint density at radius 1 is 0.296 bits per heavy atom. The van der Waals surface area contributed by atoms with Crippen LogP contribution in [0, 0.1) is 0 Å². The molecule has 0 rings (SSSR count). The molecule has 0 spiro atoms. The Balaban J connectivity index is 4.29. The van der Waals surface area contributed by atoms with E-state index in [-0.39, 0.29) is 31.6 Å². The monoisotopic (exact) mass is 979 g/mol. The fraction of sp³-hybridized carbons (Fsp3) is 0.585. The molecule has 0 bridgehead atoms. The molecule has 0 aromatic carbocycles. The Labute approximate surface area is 436 Å². The lowest BCUT2D eigenvalue weighted by molar-refractivity contribution is -0.166. The van der Waals surface area contributed by atoms with Crippen LogP contribution in [-0.4, -0.2) is 37.2 Å². The second-order valence-electron chi connectivity index (χ2n) is 18.1. The summed E-state index contributed by atoms with van der Waals surface area (Å²) in [5.41, 5.74) is 0. The average Bonchev–Trinajstić information content (AvgIpc) is 3.37. The van der Waals surface area contributed by atoms with Crippen LogP contribution in [0.1, 0.15) is 226 Å². The van der Waals surface area contributed by atoms with Crippen LogP contribution in [0.15, 0.2) is 146 Å². The van der Waals surface area contributed by atoms with Crippen LogP contribution < -0.4 is 0 Å². The molecule has 1 unspecified atom stereocenters. The standard InChI is InChI=1S/C65H102O6/c1-4-7-10-13-16-19-21-23-24-25-26-27-28-29-30-31-32-33-34-35-36-37-38-39-40-42-43-46-49-52-55-58-64(67)70-61-62(60-69-63(66)57-54-51-48-45-18-15-12-9-6-3)71-65(68)59-56-53-50-47-44-41-22-20-17-14-11-8-5-2/h7-8,10-11,16-17,19-20,23-24,26-27,29-30,32-33,35-36,38-39,41,44,50,53,62H,4-6,9,12-15,18,21-22,25,28,31,34,37,40,42-43,45-49,51-52,54-61H2,1-3H3/b10-7-,11-8-,19-16-,20-17-,24-23-,27-26-,30-29-,33-32-,36-35-,39-38-,44-41-,53-50-. The summed E-state index contributed by atoms with van der Waals surface area (Å²) in [5, 5.41) is 0. The molecule has 71 heavy (non-hydrogen) atoms. The van der Waals surface area contributed by atoms with Gasteiger partial charge in [-0.2, -0.15) is 0 Å². The molecular formula is C65H102O6. The van der Waals surface area contributed by atoms with Gasteiger partial charge in [-0.25, -0.2) is 0 Å². The van der Waals surface area contributed by atoms with Gasteiger partial charge in [-0.3, -0.25) is 14.4 Å². The van der Waals surface area contributed by atoms with E-state index in [1.165, 1.54) is 51.4 Å². The lowest BCUT2D eigenvalue weighted by Gasteiger charge is -2.18. The van der Waals surface area contributed by atoms with Crippen molar-refractivity contribution in [3.05, 3.63) is 146 Å².